The standard InChI is InChI=1S/C16H23BrN2/c1-19(9-11-3-2-4-14(17)7-11)10-15-12-5-6-13(8-12)16(15)18/h2-4,7,12-13,15-16H,5-6,8-10,18H2,1H3. The molecule has 0 aromatic heterocycles. The van der Waals surface area contributed by atoms with E-state index in [2.05, 4.69) is 52.1 Å². The Labute approximate surface area is 124 Å². The topological polar surface area (TPSA) is 29.3 Å². The van der Waals surface area contributed by atoms with E-state index in [0.29, 0.717) is 6.04 Å². The molecule has 2 bridgehead atoms. The Balaban J connectivity index is 1.58. The second-order valence-corrected chi connectivity index (χ2v) is 7.32. The second kappa shape index (κ2) is 5.55. The largest absolute Gasteiger partial charge is 0.327 e. The number of hydrogen-bond donors (Lipinski definition) is 1. The number of fused-ring (bicyclic) bond motifs is 2. The number of benzene rings is 1. The molecule has 2 nitrogen and oxygen atoms in total. The molecular formula is C16H23BrN2. The van der Waals surface area contributed by atoms with Crippen LogP contribution in [-0.2, 0) is 6.54 Å². The summed E-state index contributed by atoms with van der Waals surface area (Å²) in [5.74, 6) is 2.43. The minimum atomic E-state index is 0.448. The maximum Gasteiger partial charge on any atom is 0.0231 e. The number of hydrogen-bond acceptors (Lipinski definition) is 2. The van der Waals surface area contributed by atoms with Gasteiger partial charge >= 0.3 is 0 Å². The van der Waals surface area contributed by atoms with Crippen molar-refractivity contribution >= 4 is 15.9 Å². The van der Waals surface area contributed by atoms with Crippen molar-refractivity contribution in [3.63, 3.8) is 0 Å². The molecular weight excluding hydrogens is 300 g/mol. The summed E-state index contributed by atoms with van der Waals surface area (Å²) in [5, 5.41) is 0. The van der Waals surface area contributed by atoms with Gasteiger partial charge in [-0.2, -0.15) is 0 Å². The number of nitrogens with zero attached hydrogens (tertiary/aromatic N) is 1. The Kier molecular flexibility index (Phi) is 3.97. The fourth-order valence-electron chi connectivity index (χ4n) is 4.10. The van der Waals surface area contributed by atoms with E-state index in [1.54, 1.807) is 0 Å². The Morgan fingerprint density at radius 3 is 2.79 bits per heavy atom. The summed E-state index contributed by atoms with van der Waals surface area (Å²) in [7, 11) is 2.22. The van der Waals surface area contributed by atoms with Gasteiger partial charge in [0.2, 0.25) is 0 Å². The van der Waals surface area contributed by atoms with Gasteiger partial charge in [0.25, 0.3) is 0 Å². The number of nitrogens with two attached hydrogens (primary N) is 1. The molecule has 3 heteroatoms. The highest BCUT2D eigenvalue weighted by molar-refractivity contribution is 9.10. The van der Waals surface area contributed by atoms with Crippen molar-refractivity contribution in [2.45, 2.75) is 31.8 Å². The molecule has 19 heavy (non-hydrogen) atoms. The third kappa shape index (κ3) is 2.88. The SMILES string of the molecule is CN(Cc1cccc(Br)c1)CC1C2CCC(C2)C1N. The number of rotatable bonds is 4. The molecule has 2 saturated carbocycles. The molecule has 3 rings (SSSR count). The quantitative estimate of drug-likeness (QED) is 0.922. The van der Waals surface area contributed by atoms with Crippen LogP contribution < -0.4 is 5.73 Å². The summed E-state index contributed by atoms with van der Waals surface area (Å²) in [4.78, 5) is 2.44. The van der Waals surface area contributed by atoms with E-state index in [9.17, 15) is 0 Å². The molecule has 1 aromatic carbocycles. The molecule has 2 fully saturated rings. The summed E-state index contributed by atoms with van der Waals surface area (Å²) in [6.07, 6.45) is 4.17. The Morgan fingerprint density at radius 1 is 1.32 bits per heavy atom. The van der Waals surface area contributed by atoms with Crippen molar-refractivity contribution in [2.24, 2.45) is 23.5 Å². The first-order valence-electron chi connectivity index (χ1n) is 7.32. The van der Waals surface area contributed by atoms with Crippen molar-refractivity contribution in [3.05, 3.63) is 34.3 Å². The predicted octanol–water partition coefficient (Wildman–Crippen LogP) is 3.25. The smallest absolute Gasteiger partial charge is 0.0231 e. The van der Waals surface area contributed by atoms with Crippen LogP contribution in [0.25, 0.3) is 0 Å². The van der Waals surface area contributed by atoms with Crippen LogP contribution in [0.1, 0.15) is 24.8 Å². The molecule has 2 aliphatic rings. The van der Waals surface area contributed by atoms with Crippen molar-refractivity contribution in [2.75, 3.05) is 13.6 Å². The fraction of sp³-hybridized carbons (Fsp3) is 0.625. The van der Waals surface area contributed by atoms with Gasteiger partial charge in [0.05, 0.1) is 0 Å². The van der Waals surface area contributed by atoms with Crippen LogP contribution >= 0.6 is 15.9 Å². The first-order valence-corrected chi connectivity index (χ1v) is 8.11. The summed E-state index contributed by atoms with van der Waals surface area (Å²) < 4.78 is 1.16. The lowest BCUT2D eigenvalue weighted by Gasteiger charge is -2.31. The van der Waals surface area contributed by atoms with Gasteiger partial charge < -0.3 is 10.6 Å². The lowest BCUT2D eigenvalue weighted by Crippen LogP contribution is -2.41. The molecule has 0 aliphatic heterocycles. The average Bonchev–Trinajstić information content (AvgIpc) is 2.93. The van der Waals surface area contributed by atoms with Gasteiger partial charge in [0, 0.05) is 23.6 Å². The Morgan fingerprint density at radius 2 is 2.11 bits per heavy atom. The zero-order valence-electron chi connectivity index (χ0n) is 11.6. The summed E-state index contributed by atoms with van der Waals surface area (Å²) in [6, 6.07) is 9.04. The van der Waals surface area contributed by atoms with Gasteiger partial charge in [-0.1, -0.05) is 28.1 Å². The van der Waals surface area contributed by atoms with E-state index in [-0.39, 0.29) is 0 Å². The highest BCUT2D eigenvalue weighted by atomic mass is 79.9. The molecule has 0 amide bonds. The highest BCUT2D eigenvalue weighted by Crippen LogP contribution is 2.47. The van der Waals surface area contributed by atoms with Crippen molar-refractivity contribution in [3.8, 4) is 0 Å². The van der Waals surface area contributed by atoms with Crippen LogP contribution in [0, 0.1) is 17.8 Å². The normalized spacial score (nSPS) is 33.3. The molecule has 0 heterocycles. The zero-order chi connectivity index (χ0) is 13.4. The molecule has 0 spiro atoms. The van der Waals surface area contributed by atoms with Gasteiger partial charge in [-0.05, 0) is 61.8 Å². The van der Waals surface area contributed by atoms with E-state index in [4.69, 9.17) is 5.73 Å². The maximum atomic E-state index is 6.40. The van der Waals surface area contributed by atoms with Crippen LogP contribution in [0.2, 0.25) is 0 Å². The van der Waals surface area contributed by atoms with Gasteiger partial charge in [-0.15, -0.1) is 0 Å². The minimum Gasteiger partial charge on any atom is -0.327 e. The van der Waals surface area contributed by atoms with Crippen molar-refractivity contribution < 1.29 is 0 Å². The monoisotopic (exact) mass is 322 g/mol. The maximum absolute atomic E-state index is 6.40. The van der Waals surface area contributed by atoms with Crippen LogP contribution in [0.15, 0.2) is 28.7 Å². The molecule has 0 radical (unpaired) electrons. The molecule has 0 saturated heterocycles. The first kappa shape index (κ1) is 13.6. The van der Waals surface area contributed by atoms with Gasteiger partial charge in [-0.3, -0.25) is 0 Å². The molecule has 2 N–H and O–H groups in total. The van der Waals surface area contributed by atoms with Crippen molar-refractivity contribution in [1.82, 2.24) is 4.90 Å². The summed E-state index contributed by atoms with van der Waals surface area (Å²) >= 11 is 3.54. The lowest BCUT2D eigenvalue weighted by atomic mass is 9.84. The van der Waals surface area contributed by atoms with Crippen LogP contribution in [-0.4, -0.2) is 24.5 Å². The first-order chi connectivity index (χ1) is 9.13. The van der Waals surface area contributed by atoms with E-state index >= 15 is 0 Å². The van der Waals surface area contributed by atoms with Crippen LogP contribution in [0.5, 0.6) is 0 Å². The van der Waals surface area contributed by atoms with E-state index < -0.39 is 0 Å². The molecule has 104 valence electrons. The third-order valence-electron chi connectivity index (χ3n) is 5.02. The van der Waals surface area contributed by atoms with E-state index in [1.165, 1.54) is 24.8 Å². The Bertz CT molecular complexity index is 446. The van der Waals surface area contributed by atoms with Gasteiger partial charge in [0.15, 0.2) is 0 Å². The molecule has 1 aromatic rings. The second-order valence-electron chi connectivity index (χ2n) is 6.40. The van der Waals surface area contributed by atoms with Gasteiger partial charge in [0.1, 0.15) is 0 Å². The highest BCUT2D eigenvalue weighted by Gasteiger charge is 2.45. The van der Waals surface area contributed by atoms with Crippen molar-refractivity contribution in [1.29, 1.82) is 0 Å². The lowest BCUT2D eigenvalue weighted by molar-refractivity contribution is 0.194. The van der Waals surface area contributed by atoms with Crippen LogP contribution in [0.4, 0.5) is 0 Å². The molecule has 4 unspecified atom stereocenters. The zero-order valence-corrected chi connectivity index (χ0v) is 13.1. The number of halogens is 1. The fourth-order valence-corrected chi connectivity index (χ4v) is 4.54. The summed E-state index contributed by atoms with van der Waals surface area (Å²) in [5.41, 5.74) is 7.76. The van der Waals surface area contributed by atoms with E-state index in [0.717, 1.165) is 35.3 Å². The molecule has 4 atom stereocenters. The minimum absolute atomic E-state index is 0.448. The third-order valence-corrected chi connectivity index (χ3v) is 5.52. The van der Waals surface area contributed by atoms with Crippen LogP contribution in [0.3, 0.4) is 0 Å². The van der Waals surface area contributed by atoms with Gasteiger partial charge in [-0.25, -0.2) is 0 Å². The average molecular weight is 323 g/mol. The predicted molar refractivity (Wildman–Crippen MR) is 82.8 cm³/mol. The summed E-state index contributed by atoms with van der Waals surface area (Å²) in [6.45, 7) is 2.16. The Hall–Kier alpha value is -0.380. The van der Waals surface area contributed by atoms with E-state index in [1.807, 2.05) is 0 Å². The molecule has 2 aliphatic carbocycles.